The van der Waals surface area contributed by atoms with Crippen LogP contribution in [0.25, 0.3) is 0 Å². The van der Waals surface area contributed by atoms with Crippen LogP contribution in [0.5, 0.6) is 5.75 Å². The van der Waals surface area contributed by atoms with Crippen molar-refractivity contribution in [1.29, 1.82) is 0 Å². The van der Waals surface area contributed by atoms with E-state index in [1.165, 1.54) is 16.8 Å². The maximum absolute atomic E-state index is 13.9. The Bertz CT molecular complexity index is 796. The summed E-state index contributed by atoms with van der Waals surface area (Å²) in [6.45, 7) is 7.29. The van der Waals surface area contributed by atoms with E-state index >= 15 is 0 Å². The van der Waals surface area contributed by atoms with Crippen LogP contribution < -0.4 is 4.74 Å². The number of hydrogen-bond donors (Lipinski definition) is 2. The zero-order chi connectivity index (χ0) is 18.4. The quantitative estimate of drug-likeness (QED) is 0.807. The van der Waals surface area contributed by atoms with Gasteiger partial charge in [-0.2, -0.15) is 0 Å². The fourth-order valence-corrected chi connectivity index (χ4v) is 6.17. The molecule has 1 heterocycles. The van der Waals surface area contributed by atoms with Crippen LogP contribution in [0.3, 0.4) is 0 Å². The molecule has 1 aliphatic heterocycles. The van der Waals surface area contributed by atoms with Crippen molar-refractivity contribution in [2.24, 2.45) is 11.8 Å². The van der Waals surface area contributed by atoms with Crippen LogP contribution in [0.2, 0.25) is 0 Å². The van der Waals surface area contributed by atoms with Crippen molar-refractivity contribution >= 4 is 10.1 Å². The molecule has 1 aromatic rings. The van der Waals surface area contributed by atoms with E-state index in [1.54, 1.807) is 13.2 Å². The lowest BCUT2D eigenvalue weighted by Crippen LogP contribution is -2.41. The molecule has 2 unspecified atom stereocenters. The third-order valence-corrected chi connectivity index (χ3v) is 8.30. The third-order valence-electron chi connectivity index (χ3n) is 5.73. The standard InChI is InChI=1S/C20H29NO3S/c1-13-8-9-21(20-15(3)14(2)10-18(13)20)25(5,23)17-6-7-19(24-4)16(11-17)12-22/h6-7,10-11,13,15,22,25H,8-9,12H2,1-5H3. The first-order chi connectivity index (χ1) is 11.8. The van der Waals surface area contributed by atoms with Crippen molar-refractivity contribution in [3.05, 3.63) is 46.7 Å². The van der Waals surface area contributed by atoms with Crippen LogP contribution >= 0.6 is 0 Å². The van der Waals surface area contributed by atoms with Crippen LogP contribution in [-0.2, 0) is 16.7 Å². The molecular weight excluding hydrogens is 334 g/mol. The second-order valence-electron chi connectivity index (χ2n) is 7.30. The van der Waals surface area contributed by atoms with Crippen molar-refractivity contribution in [3.8, 4) is 5.75 Å². The smallest absolute Gasteiger partial charge is 0.124 e. The Hall–Kier alpha value is -1.59. The number of nitrogens with zero attached hydrogens (tertiary/aromatic N) is 1. The second kappa shape index (κ2) is 6.61. The summed E-state index contributed by atoms with van der Waals surface area (Å²) in [5.74, 6) is 1.45. The molecule has 0 radical (unpaired) electrons. The molecule has 138 valence electrons. The number of methoxy groups -OCH3 is 1. The fourth-order valence-electron chi connectivity index (χ4n) is 3.95. The molecule has 1 aromatic carbocycles. The minimum atomic E-state index is -2.78. The first-order valence-electron chi connectivity index (χ1n) is 8.87. The summed E-state index contributed by atoms with van der Waals surface area (Å²) in [6.07, 6.45) is 5.14. The first-order valence-corrected chi connectivity index (χ1v) is 11.0. The van der Waals surface area contributed by atoms with Crippen LogP contribution in [0.4, 0.5) is 0 Å². The third kappa shape index (κ3) is 2.93. The lowest BCUT2D eigenvalue weighted by molar-refractivity contribution is 0.273. The summed E-state index contributed by atoms with van der Waals surface area (Å²) in [5.41, 5.74) is 4.59. The minimum absolute atomic E-state index is 0.126. The largest absolute Gasteiger partial charge is 0.496 e. The summed E-state index contributed by atoms with van der Waals surface area (Å²) in [7, 11) is -1.19. The lowest BCUT2D eigenvalue weighted by Gasteiger charge is -2.43. The van der Waals surface area contributed by atoms with Crippen molar-refractivity contribution < 1.29 is 14.1 Å². The van der Waals surface area contributed by atoms with Gasteiger partial charge in [-0.3, -0.25) is 4.21 Å². The molecule has 2 atom stereocenters. The van der Waals surface area contributed by atoms with Gasteiger partial charge in [0.15, 0.2) is 0 Å². The molecule has 2 aliphatic rings. The average Bonchev–Trinajstić information content (AvgIpc) is 2.90. The molecule has 5 heteroatoms. The predicted octanol–water partition coefficient (Wildman–Crippen LogP) is 3.30. The molecule has 0 saturated carbocycles. The summed E-state index contributed by atoms with van der Waals surface area (Å²) >= 11 is 0. The molecule has 0 bridgehead atoms. The highest BCUT2D eigenvalue weighted by molar-refractivity contribution is 8.00. The van der Waals surface area contributed by atoms with Crippen molar-refractivity contribution in [3.63, 3.8) is 0 Å². The minimum Gasteiger partial charge on any atom is -0.496 e. The van der Waals surface area contributed by atoms with Gasteiger partial charge in [-0.1, -0.05) is 25.5 Å². The highest BCUT2D eigenvalue weighted by Gasteiger charge is 2.37. The zero-order valence-corrected chi connectivity index (χ0v) is 16.6. The Kier molecular flexibility index (Phi) is 4.82. The summed E-state index contributed by atoms with van der Waals surface area (Å²) in [4.78, 5) is 0.774. The molecule has 1 aliphatic carbocycles. The molecule has 0 aromatic heterocycles. The maximum atomic E-state index is 13.9. The normalized spacial score (nSPS) is 24.2. The molecule has 3 rings (SSSR count). The van der Waals surface area contributed by atoms with Gasteiger partial charge in [0.2, 0.25) is 0 Å². The number of aliphatic hydroxyl groups is 1. The van der Waals surface area contributed by atoms with E-state index in [0.29, 0.717) is 23.1 Å². The summed E-state index contributed by atoms with van der Waals surface area (Å²) < 4.78 is 21.3. The zero-order valence-electron chi connectivity index (χ0n) is 15.7. The number of aliphatic hydroxyl groups excluding tert-OH is 1. The molecular formula is C20H29NO3S. The number of ether oxygens (including phenoxy) is 1. The van der Waals surface area contributed by atoms with E-state index in [1.807, 2.05) is 18.4 Å². The molecule has 0 saturated heterocycles. The molecule has 0 fully saturated rings. The number of thiol groups is 1. The number of allylic oxidation sites excluding steroid dienone is 3. The number of hydrogen-bond acceptors (Lipinski definition) is 3. The number of rotatable bonds is 4. The molecule has 1 N–H and O–H groups in total. The molecule has 25 heavy (non-hydrogen) atoms. The van der Waals surface area contributed by atoms with Gasteiger partial charge in [-0.15, -0.1) is 0 Å². The van der Waals surface area contributed by atoms with Gasteiger partial charge in [-0.25, -0.2) is 0 Å². The average molecular weight is 364 g/mol. The Morgan fingerprint density at radius 2 is 2.08 bits per heavy atom. The maximum Gasteiger partial charge on any atom is 0.124 e. The summed E-state index contributed by atoms with van der Waals surface area (Å²) in [6, 6.07) is 5.51. The highest BCUT2D eigenvalue weighted by atomic mass is 32.3. The van der Waals surface area contributed by atoms with E-state index in [-0.39, 0.29) is 6.61 Å². The second-order valence-corrected chi connectivity index (χ2v) is 10.1. The first kappa shape index (κ1) is 18.2. The van der Waals surface area contributed by atoms with E-state index < -0.39 is 10.1 Å². The fraction of sp³-hybridized carbons (Fsp3) is 0.500. The molecule has 4 nitrogen and oxygen atoms in total. The Balaban J connectivity index is 2.05. The molecule has 0 amide bonds. The van der Waals surface area contributed by atoms with Crippen molar-refractivity contribution in [2.75, 3.05) is 19.9 Å². The van der Waals surface area contributed by atoms with E-state index in [4.69, 9.17) is 4.74 Å². The highest BCUT2D eigenvalue weighted by Crippen LogP contribution is 2.44. The van der Waals surface area contributed by atoms with Crippen molar-refractivity contribution in [1.82, 2.24) is 4.31 Å². The number of benzene rings is 1. The topological polar surface area (TPSA) is 49.8 Å². The SMILES string of the molecule is COc1ccc([SH](C)(=O)N2CCC(C)C3=C2C(C)C(C)=C3)cc1CO. The van der Waals surface area contributed by atoms with Crippen LogP contribution in [-0.4, -0.2) is 33.5 Å². The van der Waals surface area contributed by atoms with Crippen LogP contribution in [0, 0.1) is 11.8 Å². The summed E-state index contributed by atoms with van der Waals surface area (Å²) in [5, 5.41) is 9.61. The van der Waals surface area contributed by atoms with Gasteiger partial charge >= 0.3 is 0 Å². The van der Waals surface area contributed by atoms with E-state index in [2.05, 4.69) is 31.2 Å². The molecule has 0 spiro atoms. The van der Waals surface area contributed by atoms with Gasteiger partial charge in [0.1, 0.15) is 5.75 Å². The van der Waals surface area contributed by atoms with Gasteiger partial charge in [0.25, 0.3) is 0 Å². The van der Waals surface area contributed by atoms with Crippen LogP contribution in [0.15, 0.2) is 46.0 Å². The lowest BCUT2D eigenvalue weighted by atomic mass is 9.93. The van der Waals surface area contributed by atoms with Crippen LogP contribution in [0.1, 0.15) is 32.8 Å². The predicted molar refractivity (Wildman–Crippen MR) is 103 cm³/mol. The van der Waals surface area contributed by atoms with Gasteiger partial charge in [0.05, 0.1) is 13.7 Å². The van der Waals surface area contributed by atoms with Gasteiger partial charge in [-0.05, 0) is 53.2 Å². The Labute approximate surface area is 151 Å². The van der Waals surface area contributed by atoms with E-state index in [0.717, 1.165) is 17.9 Å². The Morgan fingerprint density at radius 3 is 2.72 bits per heavy atom. The van der Waals surface area contributed by atoms with Crippen molar-refractivity contribution in [2.45, 2.75) is 38.7 Å². The Morgan fingerprint density at radius 1 is 1.36 bits per heavy atom. The van der Waals surface area contributed by atoms with E-state index in [9.17, 15) is 9.32 Å². The monoisotopic (exact) mass is 363 g/mol. The van der Waals surface area contributed by atoms with Gasteiger partial charge in [0, 0.05) is 34.9 Å². The van der Waals surface area contributed by atoms with Gasteiger partial charge < -0.3 is 14.1 Å².